The van der Waals surface area contributed by atoms with E-state index in [-0.39, 0.29) is 0 Å². The third kappa shape index (κ3) is 6.86. The normalized spacial score (nSPS) is 14.0. The fourth-order valence-corrected chi connectivity index (χ4v) is 8.51. The second kappa shape index (κ2) is 16.3. The van der Waals surface area contributed by atoms with Gasteiger partial charge in [0.2, 0.25) is 0 Å². The summed E-state index contributed by atoms with van der Waals surface area (Å²) in [6, 6.07) is 52.0. The van der Waals surface area contributed by atoms with Crippen molar-refractivity contribution in [3.63, 3.8) is 0 Å². The molecule has 9 rings (SSSR count). The van der Waals surface area contributed by atoms with Crippen LogP contribution in [-0.4, -0.2) is 17.1 Å². The van der Waals surface area contributed by atoms with Gasteiger partial charge in [-0.15, -0.1) is 0 Å². The van der Waals surface area contributed by atoms with E-state index >= 15 is 0 Å². The van der Waals surface area contributed by atoms with Crippen LogP contribution in [0.3, 0.4) is 0 Å². The van der Waals surface area contributed by atoms with Crippen molar-refractivity contribution >= 4 is 67.3 Å². The van der Waals surface area contributed by atoms with E-state index in [1.807, 2.05) is 6.07 Å². The lowest BCUT2D eigenvalue weighted by Gasteiger charge is -2.32. The van der Waals surface area contributed by atoms with Crippen molar-refractivity contribution in [3.8, 4) is 5.69 Å². The molecular weight excluding hydrogens is 693 g/mol. The van der Waals surface area contributed by atoms with Crippen LogP contribution in [0.2, 0.25) is 0 Å². The van der Waals surface area contributed by atoms with Gasteiger partial charge >= 0.3 is 0 Å². The molecule has 1 aliphatic rings. The van der Waals surface area contributed by atoms with Crippen LogP contribution >= 0.6 is 0 Å². The van der Waals surface area contributed by atoms with Crippen LogP contribution in [0.5, 0.6) is 0 Å². The van der Waals surface area contributed by atoms with E-state index in [4.69, 9.17) is 4.99 Å². The second-order valence-corrected chi connectivity index (χ2v) is 14.9. The minimum atomic E-state index is -0.589. The highest BCUT2D eigenvalue weighted by molar-refractivity contribution is 6.24. The Labute approximate surface area is 336 Å². The first-order valence-corrected chi connectivity index (χ1v) is 20.3. The van der Waals surface area contributed by atoms with Crippen LogP contribution in [0.1, 0.15) is 63.1 Å². The topological polar surface area (TPSA) is 41.7 Å². The van der Waals surface area contributed by atoms with Crippen molar-refractivity contribution in [1.29, 1.82) is 0 Å². The summed E-state index contributed by atoms with van der Waals surface area (Å²) in [6.45, 7) is 12.8. The zero-order valence-electron chi connectivity index (χ0n) is 33.5. The molecule has 1 aromatic heterocycles. The van der Waals surface area contributed by atoms with Crippen LogP contribution < -0.4 is 5.32 Å². The average molecular weight is 743 g/mol. The molecule has 7 aromatic carbocycles. The molecule has 0 bridgehead atoms. The standard InChI is InChI=1S/C50H42N4.C3H8/c1-4-50(37-19-8-5-9-20-37,38-21-10-6-11-22-38)53-49(51-3)36-18-16-25-40(33-36)54-46-32-31-45(52-39-23-12-7-13-24-39)34(2)47(46)44-30-29-42-41-26-15-14-17-35(41)27-28-43(42)48(44)54;1-3-2/h5,7-10,12-33,52H,3-4,6,11H2,1-2H3;3H2,1-2H3. The molecule has 1 heterocycles. The second-order valence-electron chi connectivity index (χ2n) is 14.9. The molecule has 8 aromatic rings. The van der Waals surface area contributed by atoms with Gasteiger partial charge in [-0.05, 0) is 102 Å². The smallest absolute Gasteiger partial charge is 0.155 e. The molecule has 0 saturated heterocycles. The number of anilines is 2. The van der Waals surface area contributed by atoms with Crippen molar-refractivity contribution in [1.82, 2.24) is 4.57 Å². The fourth-order valence-electron chi connectivity index (χ4n) is 8.51. The Morgan fingerprint density at radius 2 is 1.44 bits per heavy atom. The molecule has 1 unspecified atom stereocenters. The van der Waals surface area contributed by atoms with E-state index in [0.29, 0.717) is 5.84 Å². The molecule has 0 spiro atoms. The van der Waals surface area contributed by atoms with Gasteiger partial charge in [-0.2, -0.15) is 0 Å². The van der Waals surface area contributed by atoms with E-state index in [0.717, 1.165) is 53.0 Å². The molecule has 0 amide bonds. The Morgan fingerprint density at radius 3 is 2.18 bits per heavy atom. The fraction of sp³-hybridized carbons (Fsp3) is 0.170. The van der Waals surface area contributed by atoms with E-state index < -0.39 is 5.54 Å². The number of fused-ring (bicyclic) bond motifs is 7. The number of aryl methyl sites for hydroxylation is 1. The van der Waals surface area contributed by atoms with E-state index in [1.165, 1.54) is 55.4 Å². The zero-order chi connectivity index (χ0) is 39.4. The van der Waals surface area contributed by atoms with Crippen molar-refractivity contribution in [2.45, 2.75) is 58.9 Å². The molecule has 57 heavy (non-hydrogen) atoms. The van der Waals surface area contributed by atoms with E-state index in [9.17, 15) is 0 Å². The summed E-state index contributed by atoms with van der Waals surface area (Å²) >= 11 is 0. The highest BCUT2D eigenvalue weighted by atomic mass is 15.0. The number of rotatable bonds is 8. The molecule has 0 fully saturated rings. The van der Waals surface area contributed by atoms with E-state index in [1.54, 1.807) is 0 Å². The number of para-hydroxylation sites is 1. The lowest BCUT2D eigenvalue weighted by atomic mass is 9.78. The Hall–Kier alpha value is -6.52. The van der Waals surface area contributed by atoms with Gasteiger partial charge < -0.3 is 9.88 Å². The molecule has 1 atom stereocenters. The predicted molar refractivity (Wildman–Crippen MR) is 247 cm³/mol. The first kappa shape index (κ1) is 37.4. The molecule has 1 N–H and O–H groups in total. The largest absolute Gasteiger partial charge is 0.355 e. The number of hydrogen-bond acceptors (Lipinski definition) is 2. The number of benzene rings is 7. The third-order valence-corrected chi connectivity index (χ3v) is 11.2. The van der Waals surface area contributed by atoms with Crippen molar-refractivity contribution < 1.29 is 0 Å². The molecule has 0 aliphatic heterocycles. The molecule has 1 aliphatic carbocycles. The van der Waals surface area contributed by atoms with E-state index in [2.05, 4.69) is 207 Å². The highest BCUT2D eigenvalue weighted by Gasteiger charge is 2.34. The Morgan fingerprint density at radius 1 is 0.719 bits per heavy atom. The lowest BCUT2D eigenvalue weighted by molar-refractivity contribution is 0.517. The number of amidine groups is 1. The molecule has 282 valence electrons. The highest BCUT2D eigenvalue weighted by Crippen LogP contribution is 2.43. The summed E-state index contributed by atoms with van der Waals surface area (Å²) in [5.41, 5.74) is 9.43. The van der Waals surface area contributed by atoms with Crippen LogP contribution in [0.25, 0.3) is 49.0 Å². The summed E-state index contributed by atoms with van der Waals surface area (Å²) < 4.78 is 2.43. The van der Waals surface area contributed by atoms with Gasteiger partial charge in [-0.3, -0.25) is 0 Å². The SMILES string of the molecule is C=NC(=NC(CC)(C1=CCCC=C1)c1ccccc1)c1cccc(-n2c3ccc(Nc4ccccc4)c(C)c3c3ccc4c5ccccc5ccc4c32)c1.CCC. The number of aromatic nitrogens is 1. The molecule has 0 saturated carbocycles. The minimum Gasteiger partial charge on any atom is -0.355 e. The Kier molecular flexibility index (Phi) is 10.7. The maximum Gasteiger partial charge on any atom is 0.155 e. The number of nitrogens with one attached hydrogen (secondary N) is 1. The quantitative estimate of drug-likeness (QED) is 0.0940. The van der Waals surface area contributed by atoms with Gasteiger partial charge in [0.25, 0.3) is 0 Å². The van der Waals surface area contributed by atoms with Crippen LogP contribution in [0.15, 0.2) is 179 Å². The number of hydrogen-bond donors (Lipinski definition) is 1. The van der Waals surface area contributed by atoms with Gasteiger partial charge in [0.1, 0.15) is 5.54 Å². The zero-order valence-corrected chi connectivity index (χ0v) is 33.5. The number of aliphatic imine (C=N–C) groups is 2. The Bertz CT molecular complexity index is 2820. The van der Waals surface area contributed by atoms with Gasteiger partial charge in [-0.25, -0.2) is 9.98 Å². The maximum absolute atomic E-state index is 5.56. The molecular formula is C53H50N4. The third-order valence-electron chi connectivity index (χ3n) is 11.2. The summed E-state index contributed by atoms with van der Waals surface area (Å²) in [5, 5.41) is 11.1. The summed E-state index contributed by atoms with van der Waals surface area (Å²) in [4.78, 5) is 10.2. The summed E-state index contributed by atoms with van der Waals surface area (Å²) in [7, 11) is 0. The van der Waals surface area contributed by atoms with Crippen LogP contribution in [0.4, 0.5) is 11.4 Å². The van der Waals surface area contributed by atoms with Crippen LogP contribution in [0, 0.1) is 6.92 Å². The maximum atomic E-state index is 5.56. The molecule has 4 heteroatoms. The Balaban J connectivity index is 0.00000147. The van der Waals surface area contributed by atoms with Gasteiger partial charge in [0.05, 0.1) is 11.0 Å². The van der Waals surface area contributed by atoms with Crippen molar-refractivity contribution in [2.24, 2.45) is 9.98 Å². The monoisotopic (exact) mass is 742 g/mol. The number of allylic oxidation sites excluding steroid dienone is 2. The van der Waals surface area contributed by atoms with Crippen molar-refractivity contribution in [2.75, 3.05) is 5.32 Å². The molecule has 4 nitrogen and oxygen atoms in total. The first-order chi connectivity index (χ1) is 28.0. The lowest BCUT2D eigenvalue weighted by Crippen LogP contribution is -2.27. The first-order valence-electron chi connectivity index (χ1n) is 20.3. The summed E-state index contributed by atoms with van der Waals surface area (Å²) in [5.74, 6) is 0.629. The van der Waals surface area contributed by atoms with Crippen LogP contribution in [-0.2, 0) is 5.54 Å². The van der Waals surface area contributed by atoms with Gasteiger partial charge in [0, 0.05) is 38.8 Å². The number of nitrogens with zero attached hydrogens (tertiary/aromatic N) is 3. The van der Waals surface area contributed by atoms with Gasteiger partial charge in [-0.1, -0.05) is 155 Å². The molecule has 0 radical (unpaired) electrons. The summed E-state index contributed by atoms with van der Waals surface area (Å²) in [6.07, 6.45) is 10.9. The van der Waals surface area contributed by atoms with Gasteiger partial charge in [0.15, 0.2) is 5.84 Å². The average Bonchev–Trinajstić information content (AvgIpc) is 3.62. The predicted octanol–water partition coefficient (Wildman–Crippen LogP) is 14.6. The minimum absolute atomic E-state index is 0.589. The van der Waals surface area contributed by atoms with Crippen molar-refractivity contribution in [3.05, 3.63) is 186 Å².